The van der Waals surface area contributed by atoms with Gasteiger partial charge in [-0.15, -0.1) is 0 Å². The van der Waals surface area contributed by atoms with Gasteiger partial charge in [0.05, 0.1) is 13.7 Å². The topological polar surface area (TPSA) is 106 Å². The van der Waals surface area contributed by atoms with E-state index in [1.807, 2.05) is 6.07 Å². The lowest BCUT2D eigenvalue weighted by Crippen LogP contribution is -2.41. The molecule has 8 heteroatoms. The van der Waals surface area contributed by atoms with E-state index in [4.69, 9.17) is 9.47 Å². The van der Waals surface area contributed by atoms with Crippen LogP contribution in [-0.4, -0.2) is 31.4 Å². The van der Waals surface area contributed by atoms with Gasteiger partial charge in [-0.25, -0.2) is 0 Å². The molecule has 0 aliphatic heterocycles. The summed E-state index contributed by atoms with van der Waals surface area (Å²) in [6, 6.07) is 19.9. The molecule has 0 spiro atoms. The summed E-state index contributed by atoms with van der Waals surface area (Å²) < 4.78 is 11.0. The third-order valence-corrected chi connectivity index (χ3v) is 4.91. The van der Waals surface area contributed by atoms with Crippen molar-refractivity contribution in [3.63, 3.8) is 0 Å². The highest BCUT2D eigenvalue weighted by Crippen LogP contribution is 2.28. The molecule has 0 saturated carbocycles. The third kappa shape index (κ3) is 6.59. The minimum absolute atomic E-state index is 0.248. The first-order valence-corrected chi connectivity index (χ1v) is 10.9. The Morgan fingerprint density at radius 2 is 1.35 bits per heavy atom. The average Bonchev–Trinajstić information content (AvgIpc) is 2.88. The van der Waals surface area contributed by atoms with Gasteiger partial charge in [-0.1, -0.05) is 31.5 Å². The smallest absolute Gasteiger partial charge is 0.269 e. The van der Waals surface area contributed by atoms with Crippen molar-refractivity contribution in [2.75, 3.05) is 19.0 Å². The second kappa shape index (κ2) is 12.1. The molecule has 0 atom stereocenters. The van der Waals surface area contributed by atoms with Gasteiger partial charge in [0.15, 0.2) is 11.5 Å². The monoisotopic (exact) mass is 461 g/mol. The van der Waals surface area contributed by atoms with Crippen molar-refractivity contribution in [1.29, 1.82) is 0 Å². The molecular formula is C26H27N3O5. The molecule has 0 unspecified atom stereocenters. The van der Waals surface area contributed by atoms with E-state index in [1.54, 1.807) is 66.7 Å². The van der Waals surface area contributed by atoms with E-state index in [9.17, 15) is 14.4 Å². The second-order valence-electron chi connectivity index (χ2n) is 7.37. The highest BCUT2D eigenvalue weighted by Gasteiger charge is 2.13. The number of carbonyl (C=O) groups is 3. The predicted octanol–water partition coefficient (Wildman–Crippen LogP) is 4.20. The van der Waals surface area contributed by atoms with Gasteiger partial charge in [-0.05, 0) is 61.0 Å². The Labute approximate surface area is 198 Å². The van der Waals surface area contributed by atoms with E-state index in [0.29, 0.717) is 40.5 Å². The summed E-state index contributed by atoms with van der Waals surface area (Å²) in [6.45, 7) is 2.63. The predicted molar refractivity (Wildman–Crippen MR) is 129 cm³/mol. The van der Waals surface area contributed by atoms with E-state index in [2.05, 4.69) is 23.1 Å². The van der Waals surface area contributed by atoms with E-state index in [1.165, 1.54) is 7.11 Å². The molecule has 0 fully saturated rings. The summed E-state index contributed by atoms with van der Waals surface area (Å²) in [7, 11) is 1.50. The van der Waals surface area contributed by atoms with Crippen LogP contribution in [0.4, 0.5) is 5.69 Å². The van der Waals surface area contributed by atoms with Crippen LogP contribution in [0.25, 0.3) is 0 Å². The van der Waals surface area contributed by atoms with Gasteiger partial charge in [0, 0.05) is 22.4 Å². The van der Waals surface area contributed by atoms with E-state index in [-0.39, 0.29) is 5.91 Å². The largest absolute Gasteiger partial charge is 0.493 e. The Balaban J connectivity index is 1.54. The normalized spacial score (nSPS) is 10.2. The molecule has 0 bridgehead atoms. The number of carbonyl (C=O) groups excluding carboxylic acids is 3. The summed E-state index contributed by atoms with van der Waals surface area (Å²) in [4.78, 5) is 37.1. The van der Waals surface area contributed by atoms with E-state index < -0.39 is 11.8 Å². The number of methoxy groups -OCH3 is 1. The summed E-state index contributed by atoms with van der Waals surface area (Å²) in [5.74, 6) is -0.263. The summed E-state index contributed by atoms with van der Waals surface area (Å²) in [5, 5.41) is 2.76. The molecular weight excluding hydrogens is 434 g/mol. The van der Waals surface area contributed by atoms with Crippen LogP contribution in [0, 0.1) is 0 Å². The van der Waals surface area contributed by atoms with Crippen molar-refractivity contribution in [1.82, 2.24) is 10.9 Å². The first kappa shape index (κ1) is 24.3. The van der Waals surface area contributed by atoms with Crippen LogP contribution in [0.1, 0.15) is 50.8 Å². The molecule has 3 amide bonds. The minimum atomic E-state index is -0.501. The van der Waals surface area contributed by atoms with Gasteiger partial charge >= 0.3 is 0 Å². The maximum atomic E-state index is 12.5. The molecule has 0 aromatic heterocycles. The van der Waals surface area contributed by atoms with Gasteiger partial charge < -0.3 is 14.8 Å². The summed E-state index contributed by atoms with van der Waals surface area (Å²) >= 11 is 0. The number of hydrogen-bond acceptors (Lipinski definition) is 5. The number of benzene rings is 3. The third-order valence-electron chi connectivity index (χ3n) is 4.91. The molecule has 176 valence electrons. The molecule has 3 rings (SSSR count). The molecule has 3 aromatic carbocycles. The number of ether oxygens (including phenoxy) is 2. The van der Waals surface area contributed by atoms with Gasteiger partial charge in [0.25, 0.3) is 17.7 Å². The van der Waals surface area contributed by atoms with Crippen LogP contribution >= 0.6 is 0 Å². The lowest BCUT2D eigenvalue weighted by molar-refractivity contribution is 0.0846. The Hall–Kier alpha value is -4.33. The number of rotatable bonds is 9. The van der Waals surface area contributed by atoms with Crippen molar-refractivity contribution >= 4 is 23.4 Å². The Bertz CT molecular complexity index is 1130. The molecule has 3 aromatic rings. The molecule has 8 nitrogen and oxygen atoms in total. The first-order valence-electron chi connectivity index (χ1n) is 10.9. The number of amides is 3. The molecule has 0 saturated heterocycles. The standard InChI is InChI=1S/C26H27N3O5/c1-3-4-16-34-22-15-12-20(17-23(22)33-2)26(32)29-28-25(31)19-10-13-21(14-11-19)27-24(30)18-8-6-5-7-9-18/h5-15,17H,3-4,16H2,1-2H3,(H,27,30)(H,28,31)(H,29,32). The average molecular weight is 462 g/mol. The van der Waals surface area contributed by atoms with Gasteiger partial charge in [-0.2, -0.15) is 0 Å². The fourth-order valence-corrected chi connectivity index (χ4v) is 3.01. The zero-order chi connectivity index (χ0) is 24.3. The van der Waals surface area contributed by atoms with Crippen LogP contribution < -0.4 is 25.6 Å². The molecule has 0 heterocycles. The highest BCUT2D eigenvalue weighted by atomic mass is 16.5. The summed E-state index contributed by atoms with van der Waals surface area (Å²) in [5.41, 5.74) is 6.46. The Morgan fingerprint density at radius 1 is 0.735 bits per heavy atom. The lowest BCUT2D eigenvalue weighted by atomic mass is 10.1. The maximum absolute atomic E-state index is 12.5. The van der Waals surface area contributed by atoms with Crippen molar-refractivity contribution in [3.05, 3.63) is 89.5 Å². The number of anilines is 1. The van der Waals surface area contributed by atoms with Crippen molar-refractivity contribution < 1.29 is 23.9 Å². The zero-order valence-electron chi connectivity index (χ0n) is 19.1. The van der Waals surface area contributed by atoms with Crippen molar-refractivity contribution in [2.45, 2.75) is 19.8 Å². The molecule has 0 aliphatic rings. The Kier molecular flexibility index (Phi) is 8.62. The summed E-state index contributed by atoms with van der Waals surface area (Å²) in [6.07, 6.45) is 1.92. The van der Waals surface area contributed by atoms with E-state index >= 15 is 0 Å². The van der Waals surface area contributed by atoms with Gasteiger partial charge in [0.1, 0.15) is 0 Å². The van der Waals surface area contributed by atoms with Crippen LogP contribution in [0.5, 0.6) is 11.5 Å². The zero-order valence-corrected chi connectivity index (χ0v) is 19.1. The van der Waals surface area contributed by atoms with Crippen molar-refractivity contribution in [3.8, 4) is 11.5 Å². The number of hydrazine groups is 1. The van der Waals surface area contributed by atoms with Gasteiger partial charge in [0.2, 0.25) is 0 Å². The fraction of sp³-hybridized carbons (Fsp3) is 0.192. The maximum Gasteiger partial charge on any atom is 0.269 e. The quantitative estimate of drug-likeness (QED) is 0.327. The SMILES string of the molecule is CCCCOc1ccc(C(=O)NNC(=O)c2ccc(NC(=O)c3ccccc3)cc2)cc1OC. The second-order valence-corrected chi connectivity index (χ2v) is 7.37. The van der Waals surface area contributed by atoms with Crippen LogP contribution in [0.3, 0.4) is 0 Å². The van der Waals surface area contributed by atoms with Crippen LogP contribution in [0.15, 0.2) is 72.8 Å². The van der Waals surface area contributed by atoms with E-state index in [0.717, 1.165) is 12.8 Å². The fourth-order valence-electron chi connectivity index (χ4n) is 3.01. The number of nitrogens with one attached hydrogen (secondary N) is 3. The minimum Gasteiger partial charge on any atom is -0.493 e. The first-order chi connectivity index (χ1) is 16.5. The van der Waals surface area contributed by atoms with Crippen LogP contribution in [-0.2, 0) is 0 Å². The highest BCUT2D eigenvalue weighted by molar-refractivity contribution is 6.04. The number of hydrogen-bond donors (Lipinski definition) is 3. The molecule has 0 aliphatic carbocycles. The lowest BCUT2D eigenvalue weighted by Gasteiger charge is -2.12. The number of unbranched alkanes of at least 4 members (excludes halogenated alkanes) is 1. The van der Waals surface area contributed by atoms with Crippen LogP contribution in [0.2, 0.25) is 0 Å². The molecule has 34 heavy (non-hydrogen) atoms. The van der Waals surface area contributed by atoms with Gasteiger partial charge in [-0.3, -0.25) is 25.2 Å². The molecule has 3 N–H and O–H groups in total. The molecule has 0 radical (unpaired) electrons. The Morgan fingerprint density at radius 3 is 2.00 bits per heavy atom. The van der Waals surface area contributed by atoms with Crippen molar-refractivity contribution in [2.24, 2.45) is 0 Å².